The number of nitriles is 1. The van der Waals surface area contributed by atoms with Gasteiger partial charge in [-0.1, -0.05) is 48.2 Å². The van der Waals surface area contributed by atoms with E-state index in [1.807, 2.05) is 41.8 Å². The second-order valence-corrected chi connectivity index (χ2v) is 8.38. The number of nitrogens with zero attached hydrogens (tertiary/aromatic N) is 2. The van der Waals surface area contributed by atoms with Crippen molar-refractivity contribution in [3.8, 4) is 16.5 Å². The Labute approximate surface area is 167 Å². The van der Waals surface area contributed by atoms with Crippen LogP contribution >= 0.6 is 23.1 Å². The number of aromatic nitrogens is 1. The Kier molecular flexibility index (Phi) is 5.38. The van der Waals surface area contributed by atoms with Crippen molar-refractivity contribution in [2.45, 2.75) is 30.7 Å². The maximum Gasteiger partial charge on any atom is 0.173 e. The standard InChI is InChI=1S/C22H18N2OS2/c23-13-17-21(20-11-6-12-26-20)16-9-4-5-10-18(16)24-22(17)27-14-19(25)15-7-2-1-3-8-15/h1-3,6-8,11-12H,4-5,9-10,14H2. The third-order valence-electron chi connectivity index (χ3n) is 4.76. The molecule has 0 N–H and O–H groups in total. The van der Waals surface area contributed by atoms with E-state index in [9.17, 15) is 10.1 Å². The minimum Gasteiger partial charge on any atom is -0.293 e. The Hall–Kier alpha value is -2.42. The summed E-state index contributed by atoms with van der Waals surface area (Å²) in [7, 11) is 0. The highest BCUT2D eigenvalue weighted by Crippen LogP contribution is 2.39. The molecule has 134 valence electrons. The van der Waals surface area contributed by atoms with Crippen LogP contribution in [0.3, 0.4) is 0 Å². The van der Waals surface area contributed by atoms with Crippen LogP contribution in [-0.4, -0.2) is 16.5 Å². The van der Waals surface area contributed by atoms with E-state index in [0.717, 1.165) is 41.8 Å². The SMILES string of the molecule is N#Cc1c(SCC(=O)c2ccccc2)nc2c(c1-c1cccs1)CCCC2. The van der Waals surface area contributed by atoms with Crippen LogP contribution in [0.2, 0.25) is 0 Å². The van der Waals surface area contributed by atoms with Crippen molar-refractivity contribution in [3.63, 3.8) is 0 Å². The second-order valence-electron chi connectivity index (χ2n) is 6.47. The number of benzene rings is 1. The molecule has 3 nitrogen and oxygen atoms in total. The molecule has 1 aromatic carbocycles. The van der Waals surface area contributed by atoms with Crippen LogP contribution in [0.1, 0.15) is 40.0 Å². The fourth-order valence-electron chi connectivity index (χ4n) is 3.46. The van der Waals surface area contributed by atoms with Crippen molar-refractivity contribution in [2.75, 3.05) is 5.75 Å². The van der Waals surface area contributed by atoms with Gasteiger partial charge in [-0.05, 0) is 42.7 Å². The zero-order chi connectivity index (χ0) is 18.6. The quantitative estimate of drug-likeness (QED) is 0.424. The van der Waals surface area contributed by atoms with Crippen LogP contribution in [0.25, 0.3) is 10.4 Å². The summed E-state index contributed by atoms with van der Waals surface area (Å²) in [6.07, 6.45) is 4.18. The summed E-state index contributed by atoms with van der Waals surface area (Å²) in [5.74, 6) is 0.343. The summed E-state index contributed by atoms with van der Waals surface area (Å²) >= 11 is 3.03. The van der Waals surface area contributed by atoms with Crippen LogP contribution in [0.15, 0.2) is 52.9 Å². The number of hydrogen-bond donors (Lipinski definition) is 0. The minimum atomic E-state index is 0.0571. The van der Waals surface area contributed by atoms with Gasteiger partial charge in [-0.3, -0.25) is 4.79 Å². The molecular formula is C22H18N2OS2. The third kappa shape index (κ3) is 3.69. The van der Waals surface area contributed by atoms with Gasteiger partial charge in [-0.25, -0.2) is 4.98 Å². The largest absolute Gasteiger partial charge is 0.293 e. The first kappa shape index (κ1) is 18.0. The summed E-state index contributed by atoms with van der Waals surface area (Å²) in [6, 6.07) is 15.7. The number of thioether (sulfide) groups is 1. The molecule has 0 saturated carbocycles. The summed E-state index contributed by atoms with van der Waals surface area (Å²) in [6.45, 7) is 0. The van der Waals surface area contributed by atoms with E-state index in [2.05, 4.69) is 12.1 Å². The number of hydrogen-bond acceptors (Lipinski definition) is 5. The number of rotatable bonds is 5. The van der Waals surface area contributed by atoms with Crippen molar-refractivity contribution in [3.05, 3.63) is 70.2 Å². The predicted octanol–water partition coefficient (Wildman–Crippen LogP) is 5.54. The van der Waals surface area contributed by atoms with Gasteiger partial charge in [-0.2, -0.15) is 5.26 Å². The van der Waals surface area contributed by atoms with E-state index in [1.165, 1.54) is 17.3 Å². The van der Waals surface area contributed by atoms with Gasteiger partial charge in [0.05, 0.1) is 11.3 Å². The molecule has 0 spiro atoms. The number of ketones is 1. The lowest BCUT2D eigenvalue weighted by Gasteiger charge is -2.21. The first-order valence-electron chi connectivity index (χ1n) is 8.98. The molecule has 0 fully saturated rings. The second kappa shape index (κ2) is 8.08. The summed E-state index contributed by atoms with van der Waals surface area (Å²) < 4.78 is 0. The van der Waals surface area contributed by atoms with E-state index in [4.69, 9.17) is 4.98 Å². The summed E-state index contributed by atoms with van der Waals surface area (Å²) in [5.41, 5.74) is 4.66. The van der Waals surface area contributed by atoms with Gasteiger partial charge in [0.2, 0.25) is 0 Å². The van der Waals surface area contributed by atoms with Crippen LogP contribution in [0.4, 0.5) is 0 Å². The van der Waals surface area contributed by atoms with Gasteiger partial charge in [0.25, 0.3) is 0 Å². The molecule has 2 heterocycles. The topological polar surface area (TPSA) is 53.8 Å². The van der Waals surface area contributed by atoms with Gasteiger partial charge in [0.1, 0.15) is 11.1 Å². The molecular weight excluding hydrogens is 372 g/mol. The molecule has 1 aliphatic carbocycles. The number of Topliss-reactive ketones (excluding diaryl/α,β-unsaturated/α-hetero) is 1. The van der Waals surface area contributed by atoms with Crippen molar-refractivity contribution in [1.82, 2.24) is 4.98 Å². The van der Waals surface area contributed by atoms with Crippen molar-refractivity contribution >= 4 is 28.9 Å². The lowest BCUT2D eigenvalue weighted by molar-refractivity contribution is 0.102. The van der Waals surface area contributed by atoms with E-state index in [0.29, 0.717) is 16.2 Å². The Bertz CT molecular complexity index is 1010. The summed E-state index contributed by atoms with van der Waals surface area (Å²) in [5, 5.41) is 12.6. The minimum absolute atomic E-state index is 0.0571. The Balaban J connectivity index is 1.72. The molecule has 0 aliphatic heterocycles. The van der Waals surface area contributed by atoms with Crippen LogP contribution < -0.4 is 0 Å². The van der Waals surface area contributed by atoms with Crippen molar-refractivity contribution in [2.24, 2.45) is 0 Å². The highest BCUT2D eigenvalue weighted by atomic mass is 32.2. The molecule has 0 radical (unpaired) electrons. The average molecular weight is 391 g/mol. The average Bonchev–Trinajstić information content (AvgIpc) is 3.25. The Morgan fingerprint density at radius 2 is 1.96 bits per heavy atom. The molecule has 0 unspecified atom stereocenters. The highest BCUT2D eigenvalue weighted by molar-refractivity contribution is 8.00. The Morgan fingerprint density at radius 3 is 2.70 bits per heavy atom. The van der Waals surface area contributed by atoms with Gasteiger partial charge < -0.3 is 0 Å². The number of fused-ring (bicyclic) bond motifs is 1. The van der Waals surface area contributed by atoms with Gasteiger partial charge in [0, 0.05) is 21.7 Å². The molecule has 0 amide bonds. The fraction of sp³-hybridized carbons (Fsp3) is 0.227. The maximum atomic E-state index is 12.5. The molecule has 4 rings (SSSR count). The highest BCUT2D eigenvalue weighted by Gasteiger charge is 2.24. The van der Waals surface area contributed by atoms with E-state index < -0.39 is 0 Å². The number of thiophene rings is 1. The molecule has 2 aromatic heterocycles. The monoisotopic (exact) mass is 390 g/mol. The molecule has 3 aromatic rings. The molecule has 0 atom stereocenters. The lowest BCUT2D eigenvalue weighted by atomic mass is 9.89. The predicted molar refractivity (Wildman–Crippen MR) is 110 cm³/mol. The molecule has 0 saturated heterocycles. The number of pyridine rings is 1. The normalized spacial score (nSPS) is 13.0. The van der Waals surface area contributed by atoms with Crippen LogP contribution in [0, 0.1) is 11.3 Å². The first-order chi connectivity index (χ1) is 13.3. The van der Waals surface area contributed by atoms with Gasteiger partial charge in [-0.15, -0.1) is 11.3 Å². The first-order valence-corrected chi connectivity index (χ1v) is 10.8. The van der Waals surface area contributed by atoms with E-state index in [1.54, 1.807) is 11.3 Å². The molecule has 5 heteroatoms. The third-order valence-corrected chi connectivity index (χ3v) is 6.62. The van der Waals surface area contributed by atoms with Crippen LogP contribution in [0.5, 0.6) is 0 Å². The van der Waals surface area contributed by atoms with E-state index in [-0.39, 0.29) is 11.5 Å². The zero-order valence-corrected chi connectivity index (χ0v) is 16.4. The molecule has 27 heavy (non-hydrogen) atoms. The molecule has 1 aliphatic rings. The fourth-order valence-corrected chi connectivity index (χ4v) is 5.17. The summed E-state index contributed by atoms with van der Waals surface area (Å²) in [4.78, 5) is 18.4. The van der Waals surface area contributed by atoms with E-state index >= 15 is 0 Å². The van der Waals surface area contributed by atoms with Gasteiger partial charge >= 0.3 is 0 Å². The zero-order valence-electron chi connectivity index (χ0n) is 14.8. The van der Waals surface area contributed by atoms with Crippen LogP contribution in [-0.2, 0) is 12.8 Å². The lowest BCUT2D eigenvalue weighted by Crippen LogP contribution is -2.11. The smallest absolute Gasteiger partial charge is 0.173 e. The number of carbonyl (C=O) groups excluding carboxylic acids is 1. The van der Waals surface area contributed by atoms with Gasteiger partial charge in [0.15, 0.2) is 5.78 Å². The Morgan fingerprint density at radius 1 is 1.15 bits per heavy atom. The number of aryl methyl sites for hydroxylation is 1. The van der Waals surface area contributed by atoms with Crippen molar-refractivity contribution < 1.29 is 4.79 Å². The number of carbonyl (C=O) groups is 1. The van der Waals surface area contributed by atoms with Crippen molar-refractivity contribution in [1.29, 1.82) is 5.26 Å². The maximum absolute atomic E-state index is 12.5. The molecule has 0 bridgehead atoms.